The number of rotatable bonds is 3. The number of hydrogen-bond acceptors (Lipinski definition) is 4. The lowest BCUT2D eigenvalue weighted by Crippen LogP contribution is -2.32. The van der Waals surface area contributed by atoms with Crippen molar-refractivity contribution < 1.29 is 4.79 Å². The molecule has 1 saturated heterocycles. The minimum atomic E-state index is -0.0163. The zero-order valence-electron chi connectivity index (χ0n) is 14.7. The molecule has 1 aromatic heterocycles. The molecule has 1 N–H and O–H groups in total. The third-order valence-corrected chi connectivity index (χ3v) is 4.80. The average Bonchev–Trinajstić information content (AvgIpc) is 2.86. The molecule has 1 aliphatic heterocycles. The van der Waals surface area contributed by atoms with Gasteiger partial charge in [-0.1, -0.05) is 30.5 Å². The van der Waals surface area contributed by atoms with Gasteiger partial charge in [0.1, 0.15) is 17.3 Å². The predicted molar refractivity (Wildman–Crippen MR) is 101 cm³/mol. The normalized spacial score (nSPS) is 14.9. The summed E-state index contributed by atoms with van der Waals surface area (Å²) >= 11 is 6.18. The van der Waals surface area contributed by atoms with Crippen molar-refractivity contribution in [3.63, 3.8) is 0 Å². The van der Waals surface area contributed by atoms with Gasteiger partial charge in [0.15, 0.2) is 0 Å². The third-order valence-electron chi connectivity index (χ3n) is 4.39. The first-order valence-electron chi connectivity index (χ1n) is 8.71. The maximum atomic E-state index is 12.8. The summed E-state index contributed by atoms with van der Waals surface area (Å²) in [5.41, 5.74) is 2.29. The Kier molecular flexibility index (Phi) is 5.53. The molecular formula is C19H23ClN4O. The molecule has 1 amide bonds. The second-order valence-corrected chi connectivity index (χ2v) is 6.89. The Labute approximate surface area is 153 Å². The zero-order valence-corrected chi connectivity index (χ0v) is 15.4. The smallest absolute Gasteiger partial charge is 0.272 e. The van der Waals surface area contributed by atoms with Crippen molar-refractivity contribution in [1.82, 2.24) is 14.9 Å². The number of aryl methyl sites for hydroxylation is 2. The number of anilines is 2. The molecule has 0 bridgehead atoms. The number of halogens is 1. The van der Waals surface area contributed by atoms with Crippen LogP contribution in [0.4, 0.5) is 11.5 Å². The highest BCUT2D eigenvalue weighted by molar-refractivity contribution is 6.31. The molecule has 0 atom stereocenters. The monoisotopic (exact) mass is 358 g/mol. The maximum Gasteiger partial charge on any atom is 0.272 e. The van der Waals surface area contributed by atoms with Crippen molar-refractivity contribution >= 4 is 29.0 Å². The molecule has 2 aromatic rings. The molecule has 1 fully saturated rings. The van der Waals surface area contributed by atoms with E-state index in [0.29, 0.717) is 22.4 Å². The van der Waals surface area contributed by atoms with Crippen LogP contribution in [0.1, 0.15) is 47.6 Å². The van der Waals surface area contributed by atoms with Crippen LogP contribution in [0, 0.1) is 13.8 Å². The van der Waals surface area contributed by atoms with Crippen molar-refractivity contribution in [2.24, 2.45) is 0 Å². The van der Waals surface area contributed by atoms with Gasteiger partial charge < -0.3 is 10.2 Å². The Morgan fingerprint density at radius 3 is 2.48 bits per heavy atom. The highest BCUT2D eigenvalue weighted by Gasteiger charge is 2.19. The zero-order chi connectivity index (χ0) is 17.8. The summed E-state index contributed by atoms with van der Waals surface area (Å²) in [4.78, 5) is 23.4. The van der Waals surface area contributed by atoms with Crippen molar-refractivity contribution in [3.05, 3.63) is 46.4 Å². The van der Waals surface area contributed by atoms with E-state index in [1.807, 2.05) is 30.0 Å². The first-order chi connectivity index (χ1) is 12.0. The Bertz CT molecular complexity index is 770. The first-order valence-corrected chi connectivity index (χ1v) is 9.09. The van der Waals surface area contributed by atoms with Crippen LogP contribution >= 0.6 is 11.6 Å². The van der Waals surface area contributed by atoms with Crippen LogP contribution in [0.5, 0.6) is 0 Å². The van der Waals surface area contributed by atoms with Gasteiger partial charge in [0.2, 0.25) is 0 Å². The minimum Gasteiger partial charge on any atom is -0.340 e. The summed E-state index contributed by atoms with van der Waals surface area (Å²) in [6, 6.07) is 7.45. The predicted octanol–water partition coefficient (Wildman–Crippen LogP) is 4.51. The van der Waals surface area contributed by atoms with Crippen molar-refractivity contribution in [2.45, 2.75) is 39.5 Å². The number of carbonyl (C=O) groups is 1. The van der Waals surface area contributed by atoms with Crippen LogP contribution in [0.2, 0.25) is 5.02 Å². The molecule has 2 heterocycles. The van der Waals surface area contributed by atoms with E-state index in [1.54, 1.807) is 13.0 Å². The van der Waals surface area contributed by atoms with Crippen LogP contribution in [0.3, 0.4) is 0 Å². The van der Waals surface area contributed by atoms with Crippen LogP contribution in [-0.4, -0.2) is 33.9 Å². The number of aromatic nitrogens is 2. The highest BCUT2D eigenvalue weighted by atomic mass is 35.5. The summed E-state index contributed by atoms with van der Waals surface area (Å²) in [6.45, 7) is 5.36. The molecule has 25 heavy (non-hydrogen) atoms. The van der Waals surface area contributed by atoms with Crippen molar-refractivity contribution in [1.29, 1.82) is 0 Å². The molecule has 0 spiro atoms. The lowest BCUT2D eigenvalue weighted by Gasteiger charge is -2.20. The number of amides is 1. The van der Waals surface area contributed by atoms with Gasteiger partial charge in [0.25, 0.3) is 5.91 Å². The van der Waals surface area contributed by atoms with Gasteiger partial charge in [-0.25, -0.2) is 9.97 Å². The fraction of sp³-hybridized carbons (Fsp3) is 0.421. The lowest BCUT2D eigenvalue weighted by atomic mass is 10.2. The molecule has 132 valence electrons. The summed E-state index contributed by atoms with van der Waals surface area (Å²) in [5, 5.41) is 3.91. The van der Waals surface area contributed by atoms with Gasteiger partial charge in [-0.2, -0.15) is 0 Å². The number of likely N-dealkylation sites (tertiary alicyclic amines) is 1. The van der Waals surface area contributed by atoms with E-state index in [9.17, 15) is 4.79 Å². The average molecular weight is 359 g/mol. The summed E-state index contributed by atoms with van der Waals surface area (Å²) in [6.07, 6.45) is 4.49. The molecule has 3 rings (SSSR count). The molecule has 1 aliphatic rings. The van der Waals surface area contributed by atoms with Gasteiger partial charge in [-0.05, 0) is 44.4 Å². The van der Waals surface area contributed by atoms with Crippen molar-refractivity contribution in [2.75, 3.05) is 18.4 Å². The molecular weight excluding hydrogens is 336 g/mol. The molecule has 0 unspecified atom stereocenters. The summed E-state index contributed by atoms with van der Waals surface area (Å²) < 4.78 is 0. The summed E-state index contributed by atoms with van der Waals surface area (Å²) in [5.74, 6) is 1.16. The molecule has 1 aromatic carbocycles. The standard InChI is InChI=1S/C19H23ClN4O/c1-13-7-8-15(11-16(13)20)23-18-12-17(21-14(2)22-18)19(25)24-9-5-3-4-6-10-24/h7-8,11-12H,3-6,9-10H2,1-2H3,(H,21,22,23). The molecule has 0 radical (unpaired) electrons. The van der Waals surface area contributed by atoms with Gasteiger partial charge in [-0.3, -0.25) is 4.79 Å². The topological polar surface area (TPSA) is 58.1 Å². The van der Waals surface area contributed by atoms with E-state index in [-0.39, 0.29) is 5.91 Å². The van der Waals surface area contributed by atoms with Crippen molar-refractivity contribution in [3.8, 4) is 0 Å². The van der Waals surface area contributed by atoms with E-state index >= 15 is 0 Å². The number of benzene rings is 1. The van der Waals surface area contributed by atoms with E-state index in [0.717, 1.165) is 37.2 Å². The minimum absolute atomic E-state index is 0.0163. The number of hydrogen-bond donors (Lipinski definition) is 1. The fourth-order valence-corrected chi connectivity index (χ4v) is 3.18. The van der Waals surface area contributed by atoms with E-state index in [2.05, 4.69) is 15.3 Å². The number of nitrogens with one attached hydrogen (secondary N) is 1. The third kappa shape index (κ3) is 4.48. The quantitative estimate of drug-likeness (QED) is 0.877. The van der Waals surface area contributed by atoms with Crippen LogP contribution in [0.25, 0.3) is 0 Å². The largest absolute Gasteiger partial charge is 0.340 e. The Morgan fingerprint density at radius 2 is 1.80 bits per heavy atom. The SMILES string of the molecule is Cc1nc(Nc2ccc(C)c(Cl)c2)cc(C(=O)N2CCCCCC2)n1. The molecule has 6 heteroatoms. The Morgan fingerprint density at radius 1 is 1.08 bits per heavy atom. The number of carbonyl (C=O) groups excluding carboxylic acids is 1. The van der Waals surface area contributed by atoms with Crippen LogP contribution in [0.15, 0.2) is 24.3 Å². The van der Waals surface area contributed by atoms with Crippen LogP contribution < -0.4 is 5.32 Å². The maximum absolute atomic E-state index is 12.8. The lowest BCUT2D eigenvalue weighted by molar-refractivity contribution is 0.0755. The Hall–Kier alpha value is -2.14. The first kappa shape index (κ1) is 17.7. The fourth-order valence-electron chi connectivity index (χ4n) is 3.00. The van der Waals surface area contributed by atoms with E-state index in [1.165, 1.54) is 12.8 Å². The van der Waals surface area contributed by atoms with Gasteiger partial charge >= 0.3 is 0 Å². The second kappa shape index (κ2) is 7.83. The Balaban J connectivity index is 1.82. The van der Waals surface area contributed by atoms with E-state index < -0.39 is 0 Å². The van der Waals surface area contributed by atoms with E-state index in [4.69, 9.17) is 11.6 Å². The highest BCUT2D eigenvalue weighted by Crippen LogP contribution is 2.23. The summed E-state index contributed by atoms with van der Waals surface area (Å²) in [7, 11) is 0. The van der Waals surface area contributed by atoms with Gasteiger partial charge in [0, 0.05) is 29.9 Å². The van der Waals surface area contributed by atoms with Gasteiger partial charge in [-0.15, -0.1) is 0 Å². The molecule has 0 aliphatic carbocycles. The molecule has 0 saturated carbocycles. The van der Waals surface area contributed by atoms with Gasteiger partial charge in [0.05, 0.1) is 0 Å². The van der Waals surface area contributed by atoms with Crippen LogP contribution in [-0.2, 0) is 0 Å². The molecule has 5 nitrogen and oxygen atoms in total. The number of nitrogens with zero attached hydrogens (tertiary/aromatic N) is 3. The second-order valence-electron chi connectivity index (χ2n) is 6.48.